The van der Waals surface area contributed by atoms with Crippen molar-refractivity contribution >= 4 is 33.2 Å². The summed E-state index contributed by atoms with van der Waals surface area (Å²) in [7, 11) is -3.33. The SMILES string of the molecule is Cc1cccc(C)c1NC(=O)CNC(=O)c1ccc2c(c1)CCN2S(C)(=O)=O. The minimum absolute atomic E-state index is 0.154. The first kappa shape index (κ1) is 19.9. The largest absolute Gasteiger partial charge is 0.343 e. The van der Waals surface area contributed by atoms with Gasteiger partial charge in [0, 0.05) is 17.8 Å². The molecule has 3 rings (SSSR count). The second kappa shape index (κ2) is 7.63. The number of rotatable bonds is 5. The fraction of sp³-hybridized carbons (Fsp3) is 0.300. The van der Waals surface area contributed by atoms with Crippen molar-refractivity contribution in [1.82, 2.24) is 5.32 Å². The van der Waals surface area contributed by atoms with Crippen LogP contribution in [0.15, 0.2) is 36.4 Å². The monoisotopic (exact) mass is 401 g/mol. The molecule has 0 radical (unpaired) electrons. The van der Waals surface area contributed by atoms with E-state index in [2.05, 4.69) is 10.6 Å². The normalized spacial score (nSPS) is 13.2. The zero-order valence-electron chi connectivity index (χ0n) is 16.1. The third-order valence-corrected chi connectivity index (χ3v) is 5.93. The van der Waals surface area contributed by atoms with Gasteiger partial charge < -0.3 is 10.6 Å². The Balaban J connectivity index is 1.64. The Hall–Kier alpha value is -2.87. The lowest BCUT2D eigenvalue weighted by molar-refractivity contribution is -0.115. The second-order valence-electron chi connectivity index (χ2n) is 6.93. The number of aryl methyl sites for hydroxylation is 2. The summed E-state index contributed by atoms with van der Waals surface area (Å²) in [5, 5.41) is 5.43. The van der Waals surface area contributed by atoms with Crippen molar-refractivity contribution in [1.29, 1.82) is 0 Å². The quantitative estimate of drug-likeness (QED) is 0.801. The molecule has 7 nitrogen and oxygen atoms in total. The fourth-order valence-electron chi connectivity index (χ4n) is 3.32. The average molecular weight is 401 g/mol. The maximum absolute atomic E-state index is 12.4. The van der Waals surface area contributed by atoms with Crippen molar-refractivity contribution in [3.63, 3.8) is 0 Å². The van der Waals surface area contributed by atoms with Gasteiger partial charge in [-0.2, -0.15) is 0 Å². The molecule has 1 aliphatic rings. The molecular weight excluding hydrogens is 378 g/mol. The van der Waals surface area contributed by atoms with E-state index in [-0.39, 0.29) is 18.4 Å². The molecule has 0 saturated carbocycles. The first-order valence-electron chi connectivity index (χ1n) is 8.91. The van der Waals surface area contributed by atoms with Crippen LogP contribution in [0.1, 0.15) is 27.0 Å². The van der Waals surface area contributed by atoms with Crippen LogP contribution >= 0.6 is 0 Å². The minimum Gasteiger partial charge on any atom is -0.343 e. The number of nitrogens with one attached hydrogen (secondary N) is 2. The summed E-state index contributed by atoms with van der Waals surface area (Å²) in [5.41, 5.74) is 4.46. The highest BCUT2D eigenvalue weighted by Crippen LogP contribution is 2.30. The van der Waals surface area contributed by atoms with E-state index in [0.29, 0.717) is 24.2 Å². The Morgan fingerprint density at radius 1 is 1.11 bits per heavy atom. The smallest absolute Gasteiger partial charge is 0.251 e. The molecule has 148 valence electrons. The molecule has 0 fully saturated rings. The van der Waals surface area contributed by atoms with Gasteiger partial charge in [-0.05, 0) is 55.2 Å². The Labute approximate surface area is 164 Å². The molecule has 2 amide bonds. The average Bonchev–Trinajstić information content (AvgIpc) is 3.06. The summed E-state index contributed by atoms with van der Waals surface area (Å²) in [6.45, 7) is 4.04. The predicted octanol–water partition coefficient (Wildman–Crippen LogP) is 1.99. The lowest BCUT2D eigenvalue weighted by Crippen LogP contribution is -2.33. The van der Waals surface area contributed by atoms with Crippen LogP contribution in [0.2, 0.25) is 0 Å². The summed E-state index contributed by atoms with van der Waals surface area (Å²) in [5.74, 6) is -0.688. The first-order valence-corrected chi connectivity index (χ1v) is 10.8. The summed E-state index contributed by atoms with van der Waals surface area (Å²) < 4.78 is 24.9. The van der Waals surface area contributed by atoms with Gasteiger partial charge in [-0.1, -0.05) is 18.2 Å². The fourth-order valence-corrected chi connectivity index (χ4v) is 4.27. The first-order chi connectivity index (χ1) is 13.2. The molecule has 28 heavy (non-hydrogen) atoms. The maximum Gasteiger partial charge on any atom is 0.251 e. The Kier molecular flexibility index (Phi) is 5.42. The molecule has 1 aliphatic heterocycles. The van der Waals surface area contributed by atoms with Gasteiger partial charge in [-0.15, -0.1) is 0 Å². The topological polar surface area (TPSA) is 95.6 Å². The minimum atomic E-state index is -3.33. The van der Waals surface area contributed by atoms with Crippen LogP contribution in [0.5, 0.6) is 0 Å². The van der Waals surface area contributed by atoms with Crippen molar-refractivity contribution in [2.75, 3.05) is 29.0 Å². The van der Waals surface area contributed by atoms with Gasteiger partial charge in [0.2, 0.25) is 15.9 Å². The van der Waals surface area contributed by atoms with Crippen molar-refractivity contribution < 1.29 is 18.0 Å². The molecule has 0 saturated heterocycles. The van der Waals surface area contributed by atoms with Crippen LogP contribution in [0, 0.1) is 13.8 Å². The second-order valence-corrected chi connectivity index (χ2v) is 8.83. The predicted molar refractivity (Wildman–Crippen MR) is 109 cm³/mol. The van der Waals surface area contributed by atoms with Gasteiger partial charge in [-0.3, -0.25) is 13.9 Å². The van der Waals surface area contributed by atoms with Crippen LogP contribution in [-0.2, 0) is 21.2 Å². The molecule has 0 aliphatic carbocycles. The number of fused-ring (bicyclic) bond motifs is 1. The molecular formula is C20H23N3O4S. The summed E-state index contributed by atoms with van der Waals surface area (Å²) in [6.07, 6.45) is 1.72. The van der Waals surface area contributed by atoms with E-state index in [9.17, 15) is 18.0 Å². The summed E-state index contributed by atoms with van der Waals surface area (Å²) in [4.78, 5) is 24.6. The van der Waals surface area contributed by atoms with E-state index < -0.39 is 10.0 Å². The Morgan fingerprint density at radius 2 is 1.79 bits per heavy atom. The molecule has 2 aromatic carbocycles. The van der Waals surface area contributed by atoms with Gasteiger partial charge >= 0.3 is 0 Å². The number of hydrogen-bond acceptors (Lipinski definition) is 4. The standard InChI is InChI=1S/C20H23N3O4S/c1-13-5-4-6-14(2)19(13)22-18(24)12-21-20(25)16-7-8-17-15(11-16)9-10-23(17)28(3,26)27/h4-8,11H,9-10,12H2,1-3H3,(H,21,25)(H,22,24). The number of sulfonamides is 1. The highest BCUT2D eigenvalue weighted by molar-refractivity contribution is 7.92. The van der Waals surface area contributed by atoms with Crippen LogP contribution in [0.25, 0.3) is 0 Å². The number of anilines is 2. The van der Waals surface area contributed by atoms with Gasteiger partial charge in [0.25, 0.3) is 5.91 Å². The highest BCUT2D eigenvalue weighted by atomic mass is 32.2. The molecule has 0 aromatic heterocycles. The zero-order valence-corrected chi connectivity index (χ0v) is 16.9. The number of carbonyl (C=O) groups is 2. The summed E-state index contributed by atoms with van der Waals surface area (Å²) in [6, 6.07) is 10.6. The van der Waals surface area contributed by atoms with E-state index in [1.54, 1.807) is 18.2 Å². The van der Waals surface area contributed by atoms with Crippen molar-refractivity contribution in [3.05, 3.63) is 58.7 Å². The van der Waals surface area contributed by atoms with Crippen LogP contribution < -0.4 is 14.9 Å². The molecule has 0 bridgehead atoms. The molecule has 8 heteroatoms. The Morgan fingerprint density at radius 3 is 2.43 bits per heavy atom. The number of amides is 2. The van der Waals surface area contributed by atoms with Crippen LogP contribution in [0.3, 0.4) is 0 Å². The number of nitrogens with zero attached hydrogens (tertiary/aromatic N) is 1. The van der Waals surface area contributed by atoms with Gasteiger partial charge in [-0.25, -0.2) is 8.42 Å². The van der Waals surface area contributed by atoms with Crippen LogP contribution in [0.4, 0.5) is 11.4 Å². The van der Waals surface area contributed by atoms with Gasteiger partial charge in [0.05, 0.1) is 18.5 Å². The lowest BCUT2D eigenvalue weighted by Gasteiger charge is -2.16. The van der Waals surface area contributed by atoms with Gasteiger partial charge in [0.15, 0.2) is 0 Å². The maximum atomic E-state index is 12.4. The van der Waals surface area contributed by atoms with E-state index in [0.717, 1.165) is 28.6 Å². The number of benzene rings is 2. The van der Waals surface area contributed by atoms with Crippen molar-refractivity contribution in [2.24, 2.45) is 0 Å². The molecule has 2 aromatic rings. The van der Waals surface area contributed by atoms with Crippen LogP contribution in [-0.4, -0.2) is 39.6 Å². The zero-order chi connectivity index (χ0) is 20.5. The highest BCUT2D eigenvalue weighted by Gasteiger charge is 2.26. The molecule has 2 N–H and O–H groups in total. The van der Waals surface area contributed by atoms with E-state index in [4.69, 9.17) is 0 Å². The van der Waals surface area contributed by atoms with Gasteiger partial charge in [0.1, 0.15) is 0 Å². The van der Waals surface area contributed by atoms with Crippen molar-refractivity contribution in [2.45, 2.75) is 20.3 Å². The van der Waals surface area contributed by atoms with E-state index >= 15 is 0 Å². The molecule has 1 heterocycles. The summed E-state index contributed by atoms with van der Waals surface area (Å²) >= 11 is 0. The Bertz CT molecular complexity index is 1030. The lowest BCUT2D eigenvalue weighted by atomic mass is 10.1. The number of carbonyl (C=O) groups excluding carboxylic acids is 2. The number of para-hydroxylation sites is 1. The molecule has 0 atom stereocenters. The number of hydrogen-bond donors (Lipinski definition) is 2. The molecule has 0 unspecified atom stereocenters. The van der Waals surface area contributed by atoms with E-state index in [1.807, 2.05) is 32.0 Å². The third kappa shape index (κ3) is 4.17. The van der Waals surface area contributed by atoms with Crippen molar-refractivity contribution in [3.8, 4) is 0 Å². The third-order valence-electron chi connectivity index (χ3n) is 4.75. The molecule has 0 spiro atoms. The van der Waals surface area contributed by atoms with E-state index in [1.165, 1.54) is 4.31 Å².